The van der Waals surface area contributed by atoms with Gasteiger partial charge in [-0.15, -0.1) is 0 Å². The first-order chi connectivity index (χ1) is 9.93. The Bertz CT molecular complexity index is 643. The molecule has 4 rings (SSSR count). The maximum Gasteiger partial charge on any atom is 0.0701 e. The minimum atomic E-state index is 1.01. The minimum absolute atomic E-state index is 1.01. The molecule has 0 spiro atoms. The van der Waals surface area contributed by atoms with Crippen molar-refractivity contribution in [2.45, 2.75) is 0 Å². The molecular formula is C18H16N2. The second-order valence-corrected chi connectivity index (χ2v) is 4.57. The summed E-state index contributed by atoms with van der Waals surface area (Å²) in [5.74, 6) is 0. The van der Waals surface area contributed by atoms with E-state index in [0.717, 1.165) is 12.1 Å². The summed E-state index contributed by atoms with van der Waals surface area (Å²) >= 11 is 0. The fourth-order valence-corrected chi connectivity index (χ4v) is 2.16. The van der Waals surface area contributed by atoms with Crippen LogP contribution in [0.3, 0.4) is 0 Å². The molecule has 1 aromatic heterocycles. The number of fused-ring (bicyclic) bond motifs is 2. The second-order valence-electron chi connectivity index (χ2n) is 4.57. The van der Waals surface area contributed by atoms with E-state index in [0.29, 0.717) is 0 Å². The Balaban J connectivity index is 0.000000121. The van der Waals surface area contributed by atoms with E-state index >= 15 is 0 Å². The average Bonchev–Trinajstić information content (AvgIpc) is 2.56. The summed E-state index contributed by atoms with van der Waals surface area (Å²) in [4.78, 5) is 6.39. The van der Waals surface area contributed by atoms with E-state index in [1.54, 1.807) is 0 Å². The van der Waals surface area contributed by atoms with Gasteiger partial charge in [0, 0.05) is 30.0 Å². The van der Waals surface area contributed by atoms with Gasteiger partial charge in [-0.2, -0.15) is 0 Å². The van der Waals surface area contributed by atoms with Gasteiger partial charge in [0.15, 0.2) is 0 Å². The molecular weight excluding hydrogens is 244 g/mol. The Kier molecular flexibility index (Phi) is 3.74. The van der Waals surface area contributed by atoms with Crippen molar-refractivity contribution in [3.63, 3.8) is 0 Å². The van der Waals surface area contributed by atoms with E-state index in [9.17, 15) is 0 Å². The molecule has 2 aliphatic heterocycles. The maximum absolute atomic E-state index is 4.18. The SMILES string of the molecule is C1=CCN2C=CC=CC2=C1.c1ccc2ncccc2c1. The predicted molar refractivity (Wildman–Crippen MR) is 84.0 cm³/mol. The first kappa shape index (κ1) is 12.4. The molecule has 0 aliphatic carbocycles. The highest BCUT2D eigenvalue weighted by Gasteiger charge is 2.05. The van der Waals surface area contributed by atoms with Gasteiger partial charge in [0.1, 0.15) is 0 Å². The third-order valence-corrected chi connectivity index (χ3v) is 3.19. The molecule has 0 fully saturated rings. The molecule has 0 saturated carbocycles. The van der Waals surface area contributed by atoms with Gasteiger partial charge in [-0.3, -0.25) is 4.98 Å². The van der Waals surface area contributed by atoms with Crippen molar-refractivity contribution in [1.29, 1.82) is 0 Å². The number of aromatic nitrogens is 1. The normalized spacial score (nSPS) is 15.4. The van der Waals surface area contributed by atoms with E-state index in [1.165, 1.54) is 11.1 Å². The van der Waals surface area contributed by atoms with E-state index in [-0.39, 0.29) is 0 Å². The van der Waals surface area contributed by atoms with E-state index in [1.807, 2.05) is 30.5 Å². The van der Waals surface area contributed by atoms with Crippen molar-refractivity contribution in [3.05, 3.63) is 90.9 Å². The lowest BCUT2D eigenvalue weighted by molar-refractivity contribution is 0.523. The van der Waals surface area contributed by atoms with Crippen LogP contribution in [0.25, 0.3) is 10.9 Å². The molecule has 20 heavy (non-hydrogen) atoms. The third-order valence-electron chi connectivity index (χ3n) is 3.19. The second kappa shape index (κ2) is 6.02. The summed E-state index contributed by atoms with van der Waals surface area (Å²) in [5, 5.41) is 1.20. The lowest BCUT2D eigenvalue weighted by Gasteiger charge is -2.23. The zero-order valence-electron chi connectivity index (χ0n) is 11.2. The Hall–Kier alpha value is -2.61. The molecule has 0 atom stereocenters. The van der Waals surface area contributed by atoms with Gasteiger partial charge in [0.05, 0.1) is 5.52 Å². The van der Waals surface area contributed by atoms with Crippen LogP contribution in [0.15, 0.2) is 90.9 Å². The molecule has 1 aromatic carbocycles. The summed E-state index contributed by atoms with van der Waals surface area (Å²) in [6, 6.07) is 12.1. The average molecular weight is 260 g/mol. The van der Waals surface area contributed by atoms with E-state index < -0.39 is 0 Å². The highest BCUT2D eigenvalue weighted by molar-refractivity contribution is 5.77. The van der Waals surface area contributed by atoms with Crippen molar-refractivity contribution in [2.24, 2.45) is 0 Å². The number of allylic oxidation sites excluding steroid dienone is 5. The molecule has 3 heterocycles. The number of para-hydroxylation sites is 1. The van der Waals surface area contributed by atoms with Gasteiger partial charge in [-0.1, -0.05) is 42.5 Å². The van der Waals surface area contributed by atoms with Gasteiger partial charge in [0.2, 0.25) is 0 Å². The Morgan fingerprint density at radius 2 is 1.85 bits per heavy atom. The van der Waals surface area contributed by atoms with Crippen LogP contribution in [0.5, 0.6) is 0 Å². The number of nitrogens with zero attached hydrogens (tertiary/aromatic N) is 2. The molecule has 2 heteroatoms. The number of rotatable bonds is 0. The lowest BCUT2D eigenvalue weighted by atomic mass is 10.2. The molecule has 0 bridgehead atoms. The summed E-state index contributed by atoms with van der Waals surface area (Å²) in [6.07, 6.45) is 16.5. The molecule has 0 saturated heterocycles. The van der Waals surface area contributed by atoms with Crippen LogP contribution in [0.4, 0.5) is 0 Å². The van der Waals surface area contributed by atoms with Crippen molar-refractivity contribution >= 4 is 10.9 Å². The molecule has 2 aliphatic rings. The highest BCUT2D eigenvalue weighted by atomic mass is 15.1. The lowest BCUT2D eigenvalue weighted by Crippen LogP contribution is -2.18. The number of hydrogen-bond donors (Lipinski definition) is 0. The van der Waals surface area contributed by atoms with Crippen LogP contribution < -0.4 is 0 Å². The van der Waals surface area contributed by atoms with Crippen molar-refractivity contribution < 1.29 is 0 Å². The van der Waals surface area contributed by atoms with E-state index in [4.69, 9.17) is 0 Å². The van der Waals surface area contributed by atoms with Crippen molar-refractivity contribution in [2.75, 3.05) is 6.54 Å². The predicted octanol–water partition coefficient (Wildman–Crippen LogP) is 4.06. The maximum atomic E-state index is 4.18. The molecule has 2 nitrogen and oxygen atoms in total. The zero-order chi connectivity index (χ0) is 13.6. The zero-order valence-corrected chi connectivity index (χ0v) is 11.2. The number of pyridine rings is 1. The molecule has 2 aromatic rings. The van der Waals surface area contributed by atoms with Crippen LogP contribution >= 0.6 is 0 Å². The van der Waals surface area contributed by atoms with Crippen LogP contribution in [0.1, 0.15) is 0 Å². The smallest absolute Gasteiger partial charge is 0.0701 e. The highest BCUT2D eigenvalue weighted by Crippen LogP contribution is 2.14. The summed E-state index contributed by atoms with van der Waals surface area (Å²) < 4.78 is 0. The Labute approximate surface area is 119 Å². The molecule has 0 radical (unpaired) electrons. The van der Waals surface area contributed by atoms with Crippen LogP contribution in [-0.2, 0) is 0 Å². The largest absolute Gasteiger partial charge is 0.344 e. The number of benzene rings is 1. The first-order valence-corrected chi connectivity index (χ1v) is 6.71. The topological polar surface area (TPSA) is 16.1 Å². The Morgan fingerprint density at radius 3 is 2.75 bits per heavy atom. The van der Waals surface area contributed by atoms with Gasteiger partial charge in [0.25, 0.3) is 0 Å². The van der Waals surface area contributed by atoms with Gasteiger partial charge < -0.3 is 4.90 Å². The van der Waals surface area contributed by atoms with Gasteiger partial charge in [-0.05, 0) is 30.4 Å². The third kappa shape index (κ3) is 2.86. The minimum Gasteiger partial charge on any atom is -0.344 e. The number of hydrogen-bond acceptors (Lipinski definition) is 2. The van der Waals surface area contributed by atoms with Crippen LogP contribution in [-0.4, -0.2) is 16.4 Å². The van der Waals surface area contributed by atoms with Crippen LogP contribution in [0, 0.1) is 0 Å². The van der Waals surface area contributed by atoms with Gasteiger partial charge >= 0.3 is 0 Å². The molecule has 0 amide bonds. The van der Waals surface area contributed by atoms with E-state index in [2.05, 4.69) is 64.7 Å². The standard InChI is InChI=1S/C9H9N.C9H7N/c1-3-7-10-8-4-2-6-9(10)5-1;1-2-6-9-8(4-1)5-3-7-10-9/h1-7H,8H2;1-7H. The summed E-state index contributed by atoms with van der Waals surface area (Å²) in [6.45, 7) is 1.01. The first-order valence-electron chi connectivity index (χ1n) is 6.71. The quantitative estimate of drug-likeness (QED) is 0.710. The monoisotopic (exact) mass is 260 g/mol. The van der Waals surface area contributed by atoms with Crippen molar-refractivity contribution in [3.8, 4) is 0 Å². The van der Waals surface area contributed by atoms with Crippen LogP contribution in [0.2, 0.25) is 0 Å². The summed E-state index contributed by atoms with van der Waals surface area (Å²) in [5.41, 5.74) is 2.34. The fraction of sp³-hybridized carbons (Fsp3) is 0.0556. The van der Waals surface area contributed by atoms with Gasteiger partial charge in [-0.25, -0.2) is 0 Å². The molecule has 0 N–H and O–H groups in total. The van der Waals surface area contributed by atoms with Crippen molar-refractivity contribution in [1.82, 2.24) is 9.88 Å². The summed E-state index contributed by atoms with van der Waals surface area (Å²) in [7, 11) is 0. The molecule has 98 valence electrons. The molecule has 0 unspecified atom stereocenters. The fourth-order valence-electron chi connectivity index (χ4n) is 2.16. The Morgan fingerprint density at radius 1 is 0.950 bits per heavy atom.